The molecule has 0 unspecified atom stereocenters. The molecule has 0 bridgehead atoms. The van der Waals surface area contributed by atoms with E-state index in [1.807, 2.05) is 0 Å². The summed E-state index contributed by atoms with van der Waals surface area (Å²) in [4.78, 5) is 13.7. The SMILES string of the molecule is COCCCOCCOc1ccc([N+](=O)[O-])c(N)n1. The summed E-state index contributed by atoms with van der Waals surface area (Å²) in [5, 5.41) is 10.5. The van der Waals surface area contributed by atoms with Crippen LogP contribution in [0.15, 0.2) is 12.1 Å². The highest BCUT2D eigenvalue weighted by Crippen LogP contribution is 2.21. The summed E-state index contributed by atoms with van der Waals surface area (Å²) in [6.07, 6.45) is 0.819. The highest BCUT2D eigenvalue weighted by Gasteiger charge is 2.13. The summed E-state index contributed by atoms with van der Waals surface area (Å²) < 4.78 is 15.4. The molecular weight excluding hydrogens is 254 g/mol. The van der Waals surface area contributed by atoms with Gasteiger partial charge < -0.3 is 19.9 Å². The minimum Gasteiger partial charge on any atom is -0.475 e. The number of pyridine rings is 1. The molecule has 8 heteroatoms. The van der Waals surface area contributed by atoms with Crippen molar-refractivity contribution in [2.75, 3.05) is 39.3 Å². The van der Waals surface area contributed by atoms with Gasteiger partial charge in [-0.1, -0.05) is 0 Å². The maximum atomic E-state index is 10.5. The molecule has 0 fully saturated rings. The number of hydrogen-bond acceptors (Lipinski definition) is 7. The summed E-state index contributed by atoms with van der Waals surface area (Å²) in [5.74, 6) is 0.0760. The topological polar surface area (TPSA) is 110 Å². The van der Waals surface area contributed by atoms with Gasteiger partial charge >= 0.3 is 5.69 Å². The highest BCUT2D eigenvalue weighted by molar-refractivity contribution is 5.53. The van der Waals surface area contributed by atoms with E-state index in [-0.39, 0.29) is 17.4 Å². The molecule has 1 aromatic heterocycles. The molecule has 2 N–H and O–H groups in total. The molecule has 19 heavy (non-hydrogen) atoms. The van der Waals surface area contributed by atoms with Crippen molar-refractivity contribution in [1.82, 2.24) is 4.98 Å². The number of hydrogen-bond donors (Lipinski definition) is 1. The third-order valence-corrected chi connectivity index (χ3v) is 2.19. The molecule has 0 saturated heterocycles. The standard InChI is InChI=1S/C11H17N3O5/c1-17-5-2-6-18-7-8-19-10-4-3-9(14(15)16)11(12)13-10/h3-4H,2,5-8H2,1H3,(H2,12,13). The summed E-state index contributed by atoms with van der Waals surface area (Å²) >= 11 is 0. The van der Waals surface area contributed by atoms with Crippen LogP contribution in [0.25, 0.3) is 0 Å². The lowest BCUT2D eigenvalue weighted by molar-refractivity contribution is -0.384. The number of methoxy groups -OCH3 is 1. The Bertz CT molecular complexity index is 413. The molecule has 1 rings (SSSR count). The fourth-order valence-electron chi connectivity index (χ4n) is 1.30. The van der Waals surface area contributed by atoms with E-state index in [1.165, 1.54) is 12.1 Å². The van der Waals surface area contributed by atoms with Gasteiger partial charge in [-0.05, 0) is 6.42 Å². The summed E-state index contributed by atoms with van der Waals surface area (Å²) in [7, 11) is 1.63. The van der Waals surface area contributed by atoms with Gasteiger partial charge in [0.2, 0.25) is 11.7 Å². The average Bonchev–Trinajstić information content (AvgIpc) is 2.37. The van der Waals surface area contributed by atoms with Gasteiger partial charge in [-0.25, -0.2) is 0 Å². The Hall–Kier alpha value is -1.93. The highest BCUT2D eigenvalue weighted by atomic mass is 16.6. The van der Waals surface area contributed by atoms with Crippen molar-refractivity contribution < 1.29 is 19.1 Å². The van der Waals surface area contributed by atoms with Gasteiger partial charge in [0.25, 0.3) is 0 Å². The molecule has 0 amide bonds. The third kappa shape index (κ3) is 5.49. The number of nitrogens with two attached hydrogens (primary N) is 1. The molecule has 0 aliphatic carbocycles. The first-order valence-electron chi connectivity index (χ1n) is 5.75. The molecule has 0 radical (unpaired) electrons. The van der Waals surface area contributed by atoms with Gasteiger partial charge in [-0.15, -0.1) is 0 Å². The van der Waals surface area contributed by atoms with Gasteiger partial charge in [-0.2, -0.15) is 4.98 Å². The van der Waals surface area contributed by atoms with Crippen LogP contribution in [0, 0.1) is 10.1 Å². The monoisotopic (exact) mass is 271 g/mol. The number of aromatic nitrogens is 1. The molecular formula is C11H17N3O5. The van der Waals surface area contributed by atoms with Crippen molar-refractivity contribution in [1.29, 1.82) is 0 Å². The van der Waals surface area contributed by atoms with Crippen molar-refractivity contribution in [2.45, 2.75) is 6.42 Å². The van der Waals surface area contributed by atoms with Crippen LogP contribution in [-0.2, 0) is 9.47 Å². The van der Waals surface area contributed by atoms with E-state index < -0.39 is 4.92 Å². The number of rotatable bonds is 9. The predicted octanol–water partition coefficient (Wildman–Crippen LogP) is 1.00. The summed E-state index contributed by atoms with van der Waals surface area (Å²) in [5.41, 5.74) is 5.20. The van der Waals surface area contributed by atoms with Crippen LogP contribution < -0.4 is 10.5 Å². The van der Waals surface area contributed by atoms with E-state index >= 15 is 0 Å². The van der Waals surface area contributed by atoms with Crippen LogP contribution in [0.3, 0.4) is 0 Å². The van der Waals surface area contributed by atoms with Crippen molar-refractivity contribution in [3.8, 4) is 5.88 Å². The van der Waals surface area contributed by atoms with Crippen molar-refractivity contribution in [3.63, 3.8) is 0 Å². The largest absolute Gasteiger partial charge is 0.475 e. The number of ether oxygens (including phenoxy) is 3. The lowest BCUT2D eigenvalue weighted by atomic mass is 10.4. The number of nitrogen functional groups attached to an aromatic ring is 1. The van der Waals surface area contributed by atoms with Crippen LogP contribution in [0.5, 0.6) is 5.88 Å². The normalized spacial score (nSPS) is 10.4. The molecule has 0 aliphatic heterocycles. The maximum Gasteiger partial charge on any atom is 0.311 e. The van der Waals surface area contributed by atoms with E-state index in [4.69, 9.17) is 19.9 Å². The zero-order valence-electron chi connectivity index (χ0n) is 10.7. The van der Waals surface area contributed by atoms with E-state index in [1.54, 1.807) is 7.11 Å². The molecule has 0 aliphatic rings. The van der Waals surface area contributed by atoms with Gasteiger partial charge in [0.1, 0.15) is 6.61 Å². The van der Waals surface area contributed by atoms with Gasteiger partial charge in [0, 0.05) is 32.5 Å². The Kier molecular flexibility index (Phi) is 6.55. The Balaban J connectivity index is 2.26. The fourth-order valence-corrected chi connectivity index (χ4v) is 1.30. The maximum absolute atomic E-state index is 10.5. The first kappa shape index (κ1) is 15.1. The fraction of sp³-hybridized carbons (Fsp3) is 0.545. The van der Waals surface area contributed by atoms with Crippen LogP contribution in [-0.4, -0.2) is 43.4 Å². The zero-order chi connectivity index (χ0) is 14.1. The zero-order valence-corrected chi connectivity index (χ0v) is 10.7. The summed E-state index contributed by atoms with van der Waals surface area (Å²) in [6.45, 7) is 1.95. The van der Waals surface area contributed by atoms with Gasteiger partial charge in [0.05, 0.1) is 11.5 Å². The minimum atomic E-state index is -0.592. The molecule has 0 aromatic carbocycles. The molecule has 0 atom stereocenters. The molecule has 1 heterocycles. The third-order valence-electron chi connectivity index (χ3n) is 2.19. The van der Waals surface area contributed by atoms with Crippen molar-refractivity contribution >= 4 is 11.5 Å². The van der Waals surface area contributed by atoms with Gasteiger partial charge in [-0.3, -0.25) is 10.1 Å². The molecule has 0 spiro atoms. The second kappa shape index (κ2) is 8.22. The molecule has 8 nitrogen and oxygen atoms in total. The lowest BCUT2D eigenvalue weighted by Gasteiger charge is -2.06. The van der Waals surface area contributed by atoms with E-state index in [2.05, 4.69) is 4.98 Å². The molecule has 106 valence electrons. The van der Waals surface area contributed by atoms with Crippen LogP contribution in [0.2, 0.25) is 0 Å². The number of anilines is 1. The minimum absolute atomic E-state index is 0.163. The second-order valence-corrected chi connectivity index (χ2v) is 3.62. The Morgan fingerprint density at radius 2 is 2.11 bits per heavy atom. The van der Waals surface area contributed by atoms with Crippen LogP contribution in [0.1, 0.15) is 6.42 Å². The quantitative estimate of drug-likeness (QED) is 0.405. The smallest absolute Gasteiger partial charge is 0.311 e. The molecule has 1 aromatic rings. The Morgan fingerprint density at radius 1 is 1.32 bits per heavy atom. The number of nitro groups is 1. The summed E-state index contributed by atoms with van der Waals surface area (Å²) in [6, 6.07) is 2.66. The predicted molar refractivity (Wildman–Crippen MR) is 68.1 cm³/mol. The van der Waals surface area contributed by atoms with Crippen molar-refractivity contribution in [2.24, 2.45) is 0 Å². The van der Waals surface area contributed by atoms with Gasteiger partial charge in [0.15, 0.2) is 0 Å². The first-order valence-corrected chi connectivity index (χ1v) is 5.75. The van der Waals surface area contributed by atoms with E-state index in [0.29, 0.717) is 26.4 Å². The van der Waals surface area contributed by atoms with E-state index in [9.17, 15) is 10.1 Å². The van der Waals surface area contributed by atoms with Crippen LogP contribution in [0.4, 0.5) is 11.5 Å². The Morgan fingerprint density at radius 3 is 2.74 bits per heavy atom. The molecule has 0 saturated carbocycles. The first-order chi connectivity index (χ1) is 9.15. The van der Waals surface area contributed by atoms with Crippen molar-refractivity contribution in [3.05, 3.63) is 22.2 Å². The van der Waals surface area contributed by atoms with E-state index in [0.717, 1.165) is 6.42 Å². The lowest BCUT2D eigenvalue weighted by Crippen LogP contribution is -2.10. The Labute approximate surface area is 110 Å². The number of nitrogens with zero attached hydrogens (tertiary/aromatic N) is 2. The average molecular weight is 271 g/mol. The second-order valence-electron chi connectivity index (χ2n) is 3.62. The van der Waals surface area contributed by atoms with Crippen LogP contribution >= 0.6 is 0 Å².